The van der Waals surface area contributed by atoms with Crippen molar-refractivity contribution >= 4 is 0 Å². The normalized spacial score (nSPS) is 36.9. The van der Waals surface area contributed by atoms with Gasteiger partial charge in [-0.15, -0.1) is 0 Å². The van der Waals surface area contributed by atoms with Crippen LogP contribution < -0.4 is 0 Å². The van der Waals surface area contributed by atoms with Gasteiger partial charge in [0, 0.05) is 12.5 Å². The molecule has 3 aliphatic rings. The van der Waals surface area contributed by atoms with E-state index in [2.05, 4.69) is 44.2 Å². The summed E-state index contributed by atoms with van der Waals surface area (Å²) >= 11 is 0. The van der Waals surface area contributed by atoms with Crippen LogP contribution in [0, 0.1) is 5.41 Å². The molecule has 1 saturated heterocycles. The third-order valence-corrected chi connectivity index (χ3v) is 4.80. The monoisotopic (exact) mass is 272 g/mol. The molecule has 0 aromatic carbocycles. The minimum absolute atomic E-state index is 0.0202. The highest BCUT2D eigenvalue weighted by Gasteiger charge is 2.75. The zero-order valence-electron chi connectivity index (χ0n) is 12.7. The summed E-state index contributed by atoms with van der Waals surface area (Å²) in [6.45, 7) is 5.76. The van der Waals surface area contributed by atoms with Gasteiger partial charge in [-0.3, -0.25) is 0 Å². The van der Waals surface area contributed by atoms with E-state index in [1.807, 2.05) is 0 Å². The van der Waals surface area contributed by atoms with E-state index in [-0.39, 0.29) is 11.0 Å². The number of methoxy groups -OCH3 is 1. The first-order valence-corrected chi connectivity index (χ1v) is 7.60. The fourth-order valence-electron chi connectivity index (χ4n) is 3.89. The predicted octanol–water partition coefficient (Wildman–Crippen LogP) is 3.96. The Morgan fingerprint density at radius 1 is 1.45 bits per heavy atom. The van der Waals surface area contributed by atoms with Gasteiger partial charge in [-0.05, 0) is 36.5 Å². The van der Waals surface area contributed by atoms with Crippen LogP contribution in [-0.2, 0) is 9.47 Å². The molecular weight excluding hydrogens is 248 g/mol. The summed E-state index contributed by atoms with van der Waals surface area (Å²) in [5.74, 6) is 0. The molecule has 2 heteroatoms. The Morgan fingerprint density at radius 2 is 2.30 bits per heavy atom. The first-order chi connectivity index (χ1) is 9.72. The van der Waals surface area contributed by atoms with Crippen molar-refractivity contribution in [2.45, 2.75) is 38.7 Å². The highest BCUT2D eigenvalue weighted by molar-refractivity contribution is 5.58. The van der Waals surface area contributed by atoms with Crippen LogP contribution in [0.2, 0.25) is 0 Å². The lowest BCUT2D eigenvalue weighted by Gasteiger charge is -2.24. The van der Waals surface area contributed by atoms with Crippen molar-refractivity contribution in [2.24, 2.45) is 5.41 Å². The van der Waals surface area contributed by atoms with Crippen molar-refractivity contribution in [3.8, 4) is 0 Å². The number of rotatable bonds is 5. The summed E-state index contributed by atoms with van der Waals surface area (Å²) < 4.78 is 11.6. The molecule has 2 aliphatic carbocycles. The molecule has 0 N–H and O–H groups in total. The Hall–Kier alpha value is -1.12. The van der Waals surface area contributed by atoms with Crippen LogP contribution in [0.5, 0.6) is 0 Å². The largest absolute Gasteiger partial charge is 0.380 e. The smallest absolute Gasteiger partial charge is 0.104 e. The molecule has 3 rings (SSSR count). The Bertz CT molecular complexity index is 524. The van der Waals surface area contributed by atoms with Crippen molar-refractivity contribution in [2.75, 3.05) is 20.3 Å². The Balaban J connectivity index is 1.99. The fraction of sp³-hybridized carbons (Fsp3) is 0.556. The van der Waals surface area contributed by atoms with E-state index in [9.17, 15) is 0 Å². The summed E-state index contributed by atoms with van der Waals surface area (Å²) in [5, 5.41) is 0. The van der Waals surface area contributed by atoms with Gasteiger partial charge >= 0.3 is 0 Å². The molecule has 2 atom stereocenters. The van der Waals surface area contributed by atoms with Crippen LogP contribution >= 0.6 is 0 Å². The molecule has 0 amide bonds. The minimum Gasteiger partial charge on any atom is -0.380 e. The summed E-state index contributed by atoms with van der Waals surface area (Å²) in [6, 6.07) is 0. The highest BCUT2D eigenvalue weighted by Crippen LogP contribution is 2.73. The lowest BCUT2D eigenvalue weighted by atomic mass is 9.83. The molecule has 2 unspecified atom stereocenters. The van der Waals surface area contributed by atoms with Gasteiger partial charge in [-0.1, -0.05) is 43.7 Å². The fourth-order valence-corrected chi connectivity index (χ4v) is 3.89. The Morgan fingerprint density at radius 3 is 3.00 bits per heavy atom. The molecule has 1 heterocycles. The van der Waals surface area contributed by atoms with Crippen LogP contribution in [0.3, 0.4) is 0 Å². The van der Waals surface area contributed by atoms with Crippen molar-refractivity contribution < 1.29 is 9.47 Å². The number of ether oxygens (including phenoxy) is 2. The topological polar surface area (TPSA) is 18.5 Å². The van der Waals surface area contributed by atoms with Crippen LogP contribution in [-0.4, -0.2) is 25.9 Å². The second kappa shape index (κ2) is 5.01. The van der Waals surface area contributed by atoms with E-state index in [0.717, 1.165) is 19.4 Å². The van der Waals surface area contributed by atoms with Crippen molar-refractivity contribution in [1.82, 2.24) is 0 Å². The number of allylic oxidation sites excluding steroid dienone is 3. The van der Waals surface area contributed by atoms with Crippen molar-refractivity contribution in [1.29, 1.82) is 0 Å². The first-order valence-electron chi connectivity index (χ1n) is 7.60. The molecule has 1 aliphatic heterocycles. The van der Waals surface area contributed by atoms with Crippen molar-refractivity contribution in [3.05, 3.63) is 47.1 Å². The van der Waals surface area contributed by atoms with Gasteiger partial charge in [-0.25, -0.2) is 0 Å². The van der Waals surface area contributed by atoms with Crippen molar-refractivity contribution in [3.63, 3.8) is 0 Å². The number of hydrogen-bond donors (Lipinski definition) is 0. The second-order valence-electron chi connectivity index (χ2n) is 6.05. The van der Waals surface area contributed by atoms with E-state index >= 15 is 0 Å². The third kappa shape index (κ3) is 1.78. The first kappa shape index (κ1) is 13.8. The van der Waals surface area contributed by atoms with Gasteiger partial charge in [-0.2, -0.15) is 0 Å². The summed E-state index contributed by atoms with van der Waals surface area (Å²) in [6.07, 6.45) is 14.6. The molecule has 2 nitrogen and oxygen atoms in total. The molecule has 1 saturated carbocycles. The minimum atomic E-state index is -0.0202. The van der Waals surface area contributed by atoms with E-state index in [4.69, 9.17) is 9.47 Å². The van der Waals surface area contributed by atoms with E-state index in [0.29, 0.717) is 6.61 Å². The maximum atomic E-state index is 6.25. The predicted molar refractivity (Wildman–Crippen MR) is 81.6 cm³/mol. The molecule has 0 aromatic rings. The molecule has 0 radical (unpaired) electrons. The lowest BCUT2D eigenvalue weighted by Crippen LogP contribution is -2.23. The maximum absolute atomic E-state index is 6.25. The Labute approximate surface area is 121 Å². The average molecular weight is 272 g/mol. The Kier molecular flexibility index (Phi) is 3.47. The van der Waals surface area contributed by atoms with Crippen LogP contribution in [0.15, 0.2) is 47.1 Å². The average Bonchev–Trinajstić information content (AvgIpc) is 3.01. The van der Waals surface area contributed by atoms with E-state index in [1.165, 1.54) is 23.1 Å². The maximum Gasteiger partial charge on any atom is 0.104 e. The molecule has 20 heavy (non-hydrogen) atoms. The van der Waals surface area contributed by atoms with E-state index < -0.39 is 0 Å². The second-order valence-corrected chi connectivity index (χ2v) is 6.05. The molecule has 0 spiro atoms. The van der Waals surface area contributed by atoms with Crippen LogP contribution in [0.1, 0.15) is 33.1 Å². The van der Waals surface area contributed by atoms with Gasteiger partial charge in [0.2, 0.25) is 0 Å². The van der Waals surface area contributed by atoms with Gasteiger partial charge < -0.3 is 9.47 Å². The zero-order chi connectivity index (χ0) is 14.2. The third-order valence-electron chi connectivity index (χ3n) is 4.80. The molecule has 0 bridgehead atoms. The SMILES string of the molecule is C/C=C\C=C1/COC23CC12C=C(COC)C=C3CCC. The molecule has 108 valence electrons. The zero-order valence-corrected chi connectivity index (χ0v) is 12.7. The standard InChI is InChI=1S/C18H24O2/c1-4-6-8-16-12-20-18-13-17(16,18)10-14(11-19-3)9-15(18)7-5-2/h4,6,8-10H,5,7,11-13H2,1-3H3/b6-4-,16-8+. The summed E-state index contributed by atoms with van der Waals surface area (Å²) in [5.41, 5.74) is 4.30. The van der Waals surface area contributed by atoms with Crippen LogP contribution in [0.4, 0.5) is 0 Å². The summed E-state index contributed by atoms with van der Waals surface area (Å²) in [4.78, 5) is 0. The highest BCUT2D eigenvalue weighted by atomic mass is 16.5. The van der Waals surface area contributed by atoms with Gasteiger partial charge in [0.1, 0.15) is 5.60 Å². The van der Waals surface area contributed by atoms with Gasteiger partial charge in [0.15, 0.2) is 0 Å². The molecule has 0 aromatic heterocycles. The molecular formula is C18H24O2. The van der Waals surface area contributed by atoms with Gasteiger partial charge in [0.25, 0.3) is 0 Å². The number of hydrogen-bond acceptors (Lipinski definition) is 2. The lowest BCUT2D eigenvalue weighted by molar-refractivity contribution is 0.0909. The summed E-state index contributed by atoms with van der Waals surface area (Å²) in [7, 11) is 1.77. The van der Waals surface area contributed by atoms with Gasteiger partial charge in [0.05, 0.1) is 13.2 Å². The van der Waals surface area contributed by atoms with E-state index in [1.54, 1.807) is 7.11 Å². The molecule has 2 fully saturated rings. The van der Waals surface area contributed by atoms with Crippen LogP contribution in [0.25, 0.3) is 0 Å². The quantitative estimate of drug-likeness (QED) is 0.754.